The highest BCUT2D eigenvalue weighted by Gasteiger charge is 2.33. The zero-order chi connectivity index (χ0) is 11.4. The summed E-state index contributed by atoms with van der Waals surface area (Å²) in [6.45, 7) is 2.87. The molecule has 16 heavy (non-hydrogen) atoms. The molecular formula is C13H25NO2. The SMILES string of the molecule is CC(CO)(COC1CCCCC1)NC1CC1. The fraction of sp³-hybridized carbons (Fsp3) is 1.00. The first-order chi connectivity index (χ1) is 7.72. The van der Waals surface area contributed by atoms with Gasteiger partial charge in [0.25, 0.3) is 0 Å². The molecule has 1 atom stereocenters. The van der Waals surface area contributed by atoms with Gasteiger partial charge in [-0.3, -0.25) is 0 Å². The molecule has 2 N–H and O–H groups in total. The molecule has 0 saturated heterocycles. The predicted molar refractivity (Wildman–Crippen MR) is 64.5 cm³/mol. The number of nitrogens with one attached hydrogen (secondary N) is 1. The summed E-state index contributed by atoms with van der Waals surface area (Å²) in [6.07, 6.45) is 9.29. The van der Waals surface area contributed by atoms with Gasteiger partial charge in [-0.2, -0.15) is 0 Å². The van der Waals surface area contributed by atoms with Crippen molar-refractivity contribution in [3.8, 4) is 0 Å². The molecule has 0 amide bonds. The van der Waals surface area contributed by atoms with E-state index in [2.05, 4.69) is 12.2 Å². The molecule has 0 aromatic rings. The van der Waals surface area contributed by atoms with Gasteiger partial charge in [-0.1, -0.05) is 19.3 Å². The molecule has 94 valence electrons. The second kappa shape index (κ2) is 5.48. The van der Waals surface area contributed by atoms with Gasteiger partial charge < -0.3 is 15.2 Å². The van der Waals surface area contributed by atoms with E-state index in [0.29, 0.717) is 18.8 Å². The van der Waals surface area contributed by atoms with Crippen LogP contribution in [0.5, 0.6) is 0 Å². The first kappa shape index (κ1) is 12.3. The molecule has 2 aliphatic rings. The Morgan fingerprint density at radius 2 is 1.88 bits per heavy atom. The van der Waals surface area contributed by atoms with Crippen LogP contribution >= 0.6 is 0 Å². The summed E-state index contributed by atoms with van der Waals surface area (Å²) in [5, 5.41) is 12.9. The zero-order valence-corrected chi connectivity index (χ0v) is 10.4. The average Bonchev–Trinajstić information content (AvgIpc) is 3.12. The van der Waals surface area contributed by atoms with Crippen LogP contribution in [-0.4, -0.2) is 36.0 Å². The van der Waals surface area contributed by atoms with Gasteiger partial charge in [0, 0.05) is 6.04 Å². The van der Waals surface area contributed by atoms with Gasteiger partial charge in [-0.15, -0.1) is 0 Å². The van der Waals surface area contributed by atoms with Crippen LogP contribution < -0.4 is 5.32 Å². The van der Waals surface area contributed by atoms with Crippen LogP contribution in [0.15, 0.2) is 0 Å². The maximum absolute atomic E-state index is 9.45. The van der Waals surface area contributed by atoms with E-state index in [1.54, 1.807) is 0 Å². The Bertz CT molecular complexity index is 212. The predicted octanol–water partition coefficient (Wildman–Crippen LogP) is 1.84. The molecule has 0 spiro atoms. The van der Waals surface area contributed by atoms with E-state index in [0.717, 1.165) is 0 Å². The van der Waals surface area contributed by atoms with Gasteiger partial charge in [-0.05, 0) is 32.6 Å². The molecule has 0 heterocycles. The number of aliphatic hydroxyl groups is 1. The summed E-state index contributed by atoms with van der Waals surface area (Å²) in [6, 6.07) is 0.618. The van der Waals surface area contributed by atoms with Crippen LogP contribution in [0, 0.1) is 0 Å². The second-order valence-corrected chi connectivity index (χ2v) is 5.71. The molecule has 0 radical (unpaired) electrons. The van der Waals surface area contributed by atoms with E-state index in [9.17, 15) is 5.11 Å². The summed E-state index contributed by atoms with van der Waals surface area (Å²) >= 11 is 0. The quantitative estimate of drug-likeness (QED) is 0.727. The minimum atomic E-state index is -0.237. The van der Waals surface area contributed by atoms with E-state index in [1.807, 2.05) is 0 Å². The van der Waals surface area contributed by atoms with Crippen molar-refractivity contribution < 1.29 is 9.84 Å². The molecule has 0 bridgehead atoms. The fourth-order valence-electron chi connectivity index (χ4n) is 2.39. The smallest absolute Gasteiger partial charge is 0.0671 e. The van der Waals surface area contributed by atoms with Crippen LogP contribution in [0.4, 0.5) is 0 Å². The molecule has 0 aromatic heterocycles. The normalized spacial score (nSPS) is 26.6. The number of hydrogen-bond donors (Lipinski definition) is 2. The highest BCUT2D eigenvalue weighted by molar-refractivity contribution is 4.92. The van der Waals surface area contributed by atoms with E-state index >= 15 is 0 Å². The largest absolute Gasteiger partial charge is 0.394 e. The van der Waals surface area contributed by atoms with Gasteiger partial charge in [0.05, 0.1) is 24.9 Å². The third-order valence-electron chi connectivity index (χ3n) is 3.67. The Kier molecular flexibility index (Phi) is 4.22. The molecule has 2 rings (SSSR count). The maximum atomic E-state index is 9.45. The van der Waals surface area contributed by atoms with Crippen molar-refractivity contribution >= 4 is 0 Å². The molecule has 1 unspecified atom stereocenters. The van der Waals surface area contributed by atoms with Gasteiger partial charge in [0.1, 0.15) is 0 Å². The molecule has 3 nitrogen and oxygen atoms in total. The van der Waals surface area contributed by atoms with Gasteiger partial charge in [-0.25, -0.2) is 0 Å². The lowest BCUT2D eigenvalue weighted by atomic mass is 9.97. The zero-order valence-electron chi connectivity index (χ0n) is 10.4. The van der Waals surface area contributed by atoms with Crippen molar-refractivity contribution in [2.45, 2.75) is 69.6 Å². The second-order valence-electron chi connectivity index (χ2n) is 5.71. The molecule has 0 aromatic carbocycles. The van der Waals surface area contributed by atoms with Gasteiger partial charge in [0.15, 0.2) is 0 Å². The minimum absolute atomic E-state index is 0.163. The maximum Gasteiger partial charge on any atom is 0.0671 e. The van der Waals surface area contributed by atoms with Crippen LogP contribution in [0.3, 0.4) is 0 Å². The molecule has 2 fully saturated rings. The van der Waals surface area contributed by atoms with Gasteiger partial charge >= 0.3 is 0 Å². The van der Waals surface area contributed by atoms with Crippen LogP contribution in [-0.2, 0) is 4.74 Å². The highest BCUT2D eigenvalue weighted by Crippen LogP contribution is 2.24. The summed E-state index contributed by atoms with van der Waals surface area (Å²) in [7, 11) is 0. The van der Waals surface area contributed by atoms with Crippen molar-refractivity contribution in [3.05, 3.63) is 0 Å². The van der Waals surface area contributed by atoms with E-state index < -0.39 is 0 Å². The van der Waals surface area contributed by atoms with Crippen LogP contribution in [0.2, 0.25) is 0 Å². The minimum Gasteiger partial charge on any atom is -0.394 e. The Hall–Kier alpha value is -0.120. The number of rotatable bonds is 6. The fourth-order valence-corrected chi connectivity index (χ4v) is 2.39. The summed E-state index contributed by atoms with van der Waals surface area (Å²) < 4.78 is 5.95. The van der Waals surface area contributed by atoms with Crippen molar-refractivity contribution in [2.24, 2.45) is 0 Å². The van der Waals surface area contributed by atoms with E-state index in [1.165, 1.54) is 44.9 Å². The Morgan fingerprint density at radius 3 is 2.44 bits per heavy atom. The Morgan fingerprint density at radius 1 is 1.19 bits per heavy atom. The standard InChI is InChI=1S/C13H25NO2/c1-13(9-15,14-11-7-8-11)10-16-12-5-3-2-4-6-12/h11-12,14-15H,2-10H2,1H3. The third-order valence-corrected chi connectivity index (χ3v) is 3.67. The summed E-state index contributed by atoms with van der Waals surface area (Å²) in [5.41, 5.74) is -0.237. The number of ether oxygens (including phenoxy) is 1. The summed E-state index contributed by atoms with van der Waals surface area (Å²) in [4.78, 5) is 0. The molecule has 0 aliphatic heterocycles. The topological polar surface area (TPSA) is 41.5 Å². The number of aliphatic hydroxyl groups excluding tert-OH is 1. The van der Waals surface area contributed by atoms with E-state index in [-0.39, 0.29) is 12.1 Å². The lowest BCUT2D eigenvalue weighted by molar-refractivity contribution is -0.0195. The van der Waals surface area contributed by atoms with Crippen LogP contribution in [0.1, 0.15) is 51.9 Å². The summed E-state index contributed by atoms with van der Waals surface area (Å²) in [5.74, 6) is 0. The van der Waals surface area contributed by atoms with Crippen molar-refractivity contribution in [1.29, 1.82) is 0 Å². The Labute approximate surface area is 98.6 Å². The molecule has 2 saturated carbocycles. The van der Waals surface area contributed by atoms with Crippen molar-refractivity contribution in [2.75, 3.05) is 13.2 Å². The first-order valence-electron chi connectivity index (χ1n) is 6.72. The highest BCUT2D eigenvalue weighted by atomic mass is 16.5. The Balaban J connectivity index is 1.71. The van der Waals surface area contributed by atoms with E-state index in [4.69, 9.17) is 4.74 Å². The van der Waals surface area contributed by atoms with Crippen molar-refractivity contribution in [1.82, 2.24) is 5.32 Å². The lowest BCUT2D eigenvalue weighted by Gasteiger charge is -2.32. The monoisotopic (exact) mass is 227 g/mol. The number of hydrogen-bond acceptors (Lipinski definition) is 3. The van der Waals surface area contributed by atoms with Crippen LogP contribution in [0.25, 0.3) is 0 Å². The average molecular weight is 227 g/mol. The van der Waals surface area contributed by atoms with Gasteiger partial charge in [0.2, 0.25) is 0 Å². The first-order valence-corrected chi connectivity index (χ1v) is 6.72. The lowest BCUT2D eigenvalue weighted by Crippen LogP contribution is -2.51. The third kappa shape index (κ3) is 3.72. The van der Waals surface area contributed by atoms with Crippen molar-refractivity contribution in [3.63, 3.8) is 0 Å². The molecular weight excluding hydrogens is 202 g/mol. The molecule has 3 heteroatoms. The molecule has 2 aliphatic carbocycles.